The molecule has 1 aliphatic heterocycles. The lowest BCUT2D eigenvalue weighted by atomic mass is 9.47. The van der Waals surface area contributed by atoms with Crippen molar-refractivity contribution in [3.05, 3.63) is 36.0 Å². The minimum absolute atomic E-state index is 0.0950. The van der Waals surface area contributed by atoms with E-state index < -0.39 is 0 Å². The molecule has 4 aliphatic carbocycles. The number of hydrogen-bond acceptors (Lipinski definition) is 6. The molecule has 5 rings (SSSR count). The van der Waals surface area contributed by atoms with Crippen LogP contribution in [-0.2, 0) is 23.7 Å². The molecule has 0 aromatic rings. The highest BCUT2D eigenvalue weighted by Crippen LogP contribution is 2.67. The number of hydrogen-bond donors (Lipinski definition) is 0. The van der Waals surface area contributed by atoms with Gasteiger partial charge >= 0.3 is 0 Å². The Morgan fingerprint density at radius 2 is 1.45 bits per heavy atom. The van der Waals surface area contributed by atoms with Crippen LogP contribution in [0.5, 0.6) is 0 Å². The number of ether oxygens (including phenoxy) is 5. The van der Waals surface area contributed by atoms with Crippen LogP contribution < -0.4 is 0 Å². The molecule has 1 saturated heterocycles. The van der Waals surface area contributed by atoms with Crippen molar-refractivity contribution in [3.63, 3.8) is 0 Å². The second-order valence-corrected chi connectivity index (χ2v) is 22.9. The van der Waals surface area contributed by atoms with Crippen molar-refractivity contribution in [2.24, 2.45) is 46.3 Å². The predicted molar refractivity (Wildman–Crippen MR) is 275 cm³/mol. The third kappa shape index (κ3) is 18.0. The average Bonchev–Trinajstić information content (AvgIpc) is 3.91. The minimum atomic E-state index is 0.0950. The van der Waals surface area contributed by atoms with E-state index in [9.17, 15) is 0 Å². The molecule has 6 heteroatoms. The van der Waals surface area contributed by atoms with Crippen LogP contribution >= 0.6 is 0 Å². The molecule has 0 N–H and O–H groups in total. The van der Waals surface area contributed by atoms with E-state index in [4.69, 9.17) is 23.7 Å². The van der Waals surface area contributed by atoms with Crippen LogP contribution in [0, 0.1) is 46.3 Å². The summed E-state index contributed by atoms with van der Waals surface area (Å²) in [5, 5.41) is 0. The molecule has 4 fully saturated rings. The van der Waals surface area contributed by atoms with Crippen LogP contribution in [0.15, 0.2) is 36.0 Å². The summed E-state index contributed by atoms with van der Waals surface area (Å²) in [6, 6.07) is 0. The summed E-state index contributed by atoms with van der Waals surface area (Å²) in [6.07, 6.45) is 46.3. The van der Waals surface area contributed by atoms with Gasteiger partial charge in [-0.3, -0.25) is 4.90 Å². The molecule has 0 spiro atoms. The number of nitrogens with zero attached hydrogens (tertiary/aromatic N) is 1. The Labute approximate surface area is 402 Å². The largest absolute Gasteiger partial charge is 0.381 e. The Morgan fingerprint density at radius 3 is 2.20 bits per heavy atom. The third-order valence-electron chi connectivity index (χ3n) is 17.7. The first-order valence-corrected chi connectivity index (χ1v) is 28.3. The maximum absolute atomic E-state index is 6.56. The first-order valence-electron chi connectivity index (χ1n) is 28.3. The summed E-state index contributed by atoms with van der Waals surface area (Å²) in [5.41, 5.74) is 2.71. The summed E-state index contributed by atoms with van der Waals surface area (Å²) in [4.78, 5) is 2.49. The van der Waals surface area contributed by atoms with Crippen LogP contribution in [0.25, 0.3) is 0 Å². The standard InChI is InChI=1S/C59H105NO5/c1-8-9-10-11-12-13-14-15-16-17-18-19-20-21-22-23-39-63-47-53(46-60-38-35-52(45-60)61-7)65-43-26-41-62-40-25-42-64-51-33-36-58(5)50(44-51)29-30-54-56-32-31-55(49(4)28-24-27-48(2)3)59(56,6)37-34-57(54)58/h12-13,15-16,29,48-49,51-57H,8-11,14,17-28,30-47H2,1-7H3/t49-,51+,52?,53?,54+,55-,56+,57+,58+,59-/m1/s1. The lowest BCUT2D eigenvalue weighted by molar-refractivity contribution is -0.0651. The lowest BCUT2D eigenvalue weighted by Crippen LogP contribution is -2.51. The molecule has 0 aromatic heterocycles. The molecule has 0 bridgehead atoms. The topological polar surface area (TPSA) is 49.4 Å². The van der Waals surface area contributed by atoms with Crippen molar-refractivity contribution in [1.29, 1.82) is 0 Å². The van der Waals surface area contributed by atoms with Gasteiger partial charge in [0.2, 0.25) is 0 Å². The van der Waals surface area contributed by atoms with Crippen molar-refractivity contribution < 1.29 is 23.7 Å². The minimum Gasteiger partial charge on any atom is -0.381 e. The zero-order valence-electron chi connectivity index (χ0n) is 43.8. The number of likely N-dealkylation sites (tertiary alicyclic amines) is 1. The molecule has 3 saturated carbocycles. The van der Waals surface area contributed by atoms with E-state index in [2.05, 4.69) is 76.8 Å². The van der Waals surface area contributed by atoms with Gasteiger partial charge in [0.15, 0.2) is 0 Å². The van der Waals surface area contributed by atoms with E-state index in [1.165, 1.54) is 128 Å². The predicted octanol–water partition coefficient (Wildman–Crippen LogP) is 15.1. The Morgan fingerprint density at radius 1 is 0.708 bits per heavy atom. The van der Waals surface area contributed by atoms with Gasteiger partial charge in [-0.1, -0.05) is 135 Å². The molecule has 376 valence electrons. The normalized spacial score (nSPS) is 30.3. The summed E-state index contributed by atoms with van der Waals surface area (Å²) in [5.74, 6) is 5.38. The summed E-state index contributed by atoms with van der Waals surface area (Å²) in [7, 11) is 1.83. The average molecular weight is 908 g/mol. The van der Waals surface area contributed by atoms with Gasteiger partial charge in [-0.25, -0.2) is 0 Å². The lowest BCUT2D eigenvalue weighted by Gasteiger charge is -2.58. The molecule has 65 heavy (non-hydrogen) atoms. The van der Waals surface area contributed by atoms with E-state index in [0.29, 0.717) is 36.3 Å². The fourth-order valence-corrected chi connectivity index (χ4v) is 13.7. The number of allylic oxidation sites excluding steroid dienone is 5. The summed E-state index contributed by atoms with van der Waals surface area (Å²) >= 11 is 0. The van der Waals surface area contributed by atoms with Gasteiger partial charge in [0.05, 0.1) is 24.9 Å². The smallest absolute Gasteiger partial charge is 0.0934 e. The second kappa shape index (κ2) is 30.6. The van der Waals surface area contributed by atoms with E-state index in [1.54, 1.807) is 5.57 Å². The zero-order valence-corrected chi connectivity index (χ0v) is 43.8. The highest BCUT2D eigenvalue weighted by atomic mass is 16.5. The monoisotopic (exact) mass is 908 g/mol. The fraction of sp³-hybridized carbons (Fsp3) is 0.898. The van der Waals surface area contributed by atoms with Crippen LogP contribution in [0.4, 0.5) is 0 Å². The molecule has 6 nitrogen and oxygen atoms in total. The van der Waals surface area contributed by atoms with Crippen LogP contribution in [0.2, 0.25) is 0 Å². The van der Waals surface area contributed by atoms with Crippen LogP contribution in [-0.4, -0.2) is 89.6 Å². The van der Waals surface area contributed by atoms with Gasteiger partial charge in [-0.05, 0) is 155 Å². The molecule has 5 aliphatic rings. The maximum Gasteiger partial charge on any atom is 0.0934 e. The van der Waals surface area contributed by atoms with Crippen molar-refractivity contribution in [1.82, 2.24) is 4.90 Å². The van der Waals surface area contributed by atoms with Crippen LogP contribution in [0.3, 0.4) is 0 Å². The molecular formula is C59H105NO5. The third-order valence-corrected chi connectivity index (χ3v) is 17.7. The van der Waals surface area contributed by atoms with E-state index in [-0.39, 0.29) is 6.10 Å². The van der Waals surface area contributed by atoms with Crippen molar-refractivity contribution in [2.75, 3.05) is 66.4 Å². The van der Waals surface area contributed by atoms with Gasteiger partial charge in [0.25, 0.3) is 0 Å². The van der Waals surface area contributed by atoms with Gasteiger partial charge in [0, 0.05) is 59.8 Å². The number of methoxy groups -OCH3 is 1. The highest BCUT2D eigenvalue weighted by molar-refractivity contribution is 5.25. The highest BCUT2D eigenvalue weighted by Gasteiger charge is 2.59. The molecule has 1 heterocycles. The molecule has 0 amide bonds. The van der Waals surface area contributed by atoms with E-state index in [1.807, 2.05) is 7.11 Å². The van der Waals surface area contributed by atoms with Gasteiger partial charge in [-0.15, -0.1) is 0 Å². The van der Waals surface area contributed by atoms with Crippen molar-refractivity contribution in [2.45, 2.75) is 227 Å². The van der Waals surface area contributed by atoms with Gasteiger partial charge in [0.1, 0.15) is 0 Å². The van der Waals surface area contributed by atoms with Crippen molar-refractivity contribution in [3.8, 4) is 0 Å². The van der Waals surface area contributed by atoms with Crippen LogP contribution in [0.1, 0.15) is 208 Å². The Hall–Kier alpha value is -1.02. The Bertz CT molecular complexity index is 1350. The number of fused-ring (bicyclic) bond motifs is 5. The molecule has 10 atom stereocenters. The van der Waals surface area contributed by atoms with Gasteiger partial charge < -0.3 is 23.7 Å². The van der Waals surface area contributed by atoms with Crippen molar-refractivity contribution >= 4 is 0 Å². The molecular weight excluding hydrogens is 803 g/mol. The quantitative estimate of drug-likeness (QED) is 0.0466. The number of rotatable bonds is 35. The summed E-state index contributed by atoms with van der Waals surface area (Å²) < 4.78 is 30.9. The Balaban J connectivity index is 0.893. The molecule has 0 aromatic carbocycles. The second-order valence-electron chi connectivity index (χ2n) is 22.9. The first kappa shape index (κ1) is 54.9. The molecule has 2 unspecified atom stereocenters. The first-order chi connectivity index (χ1) is 31.7. The molecule has 0 radical (unpaired) electrons. The zero-order chi connectivity index (χ0) is 46.2. The van der Waals surface area contributed by atoms with E-state index >= 15 is 0 Å². The fourth-order valence-electron chi connectivity index (χ4n) is 13.7. The number of unbranched alkanes of at least 4 members (excludes halogenated alkanes) is 9. The van der Waals surface area contributed by atoms with E-state index in [0.717, 1.165) is 120 Å². The SMILES string of the molecule is CCCCCC=CCC=CCCCCCCCCOCC(CN1CCC(OC)C1)OCCCOCCCO[C@H]1CC[C@@]2(C)C(=CC[C@H]3[C@@H]4CC[C@H]([C@H](C)CCCC(C)C)[C@@]4(C)CC[C@@H]32)C1. The maximum atomic E-state index is 6.56. The van der Waals surface area contributed by atoms with Gasteiger partial charge in [-0.2, -0.15) is 0 Å². The summed E-state index contributed by atoms with van der Waals surface area (Å²) in [6.45, 7) is 22.6. The Kier molecular flexibility index (Phi) is 25.8.